The van der Waals surface area contributed by atoms with Crippen LogP contribution in [-0.4, -0.2) is 74.1 Å². The van der Waals surface area contributed by atoms with Crippen molar-refractivity contribution in [3.8, 4) is 0 Å². The Hall–Kier alpha value is 0.120. The molecule has 0 N–H and O–H groups in total. The lowest BCUT2D eigenvalue weighted by Crippen LogP contribution is -2.52. The molecule has 0 aromatic heterocycles. The van der Waals surface area contributed by atoms with Crippen LogP contribution in [0.4, 0.5) is 0 Å². The summed E-state index contributed by atoms with van der Waals surface area (Å²) in [5, 5.41) is 0. The molecule has 0 atom stereocenters. The Bertz CT molecular complexity index is 329. The van der Waals surface area contributed by atoms with Gasteiger partial charge in [0.05, 0.1) is 0 Å². The third-order valence-electron chi connectivity index (χ3n) is 3.20. The number of rotatable bonds is 7. The Morgan fingerprint density at radius 1 is 1.22 bits per heavy atom. The highest BCUT2D eigenvalue weighted by molar-refractivity contribution is 7.86. The van der Waals surface area contributed by atoms with E-state index < -0.39 is 10.2 Å². The third-order valence-corrected chi connectivity index (χ3v) is 5.45. The first kappa shape index (κ1) is 16.2. The number of alkyl halides is 1. The van der Waals surface area contributed by atoms with Gasteiger partial charge in [-0.25, -0.2) is 0 Å². The summed E-state index contributed by atoms with van der Waals surface area (Å²) < 4.78 is 27.5. The Kier molecular flexibility index (Phi) is 6.87. The minimum atomic E-state index is -3.29. The molecule has 0 aromatic rings. The molecule has 0 unspecified atom stereocenters. The standard InChI is InChI=1S/C11H24ClN3O2S/c1-3-6-14-8-10-15(11-9-14)18(16,17)13(2)7-4-5-12/h3-11H2,1-2H3. The summed E-state index contributed by atoms with van der Waals surface area (Å²) in [5.74, 6) is 0.490. The predicted octanol–water partition coefficient (Wildman–Crippen LogP) is 0.820. The van der Waals surface area contributed by atoms with Crippen molar-refractivity contribution >= 4 is 21.8 Å². The van der Waals surface area contributed by atoms with E-state index in [1.54, 1.807) is 11.4 Å². The Morgan fingerprint density at radius 2 is 1.83 bits per heavy atom. The second kappa shape index (κ2) is 7.65. The molecule has 1 heterocycles. The first-order valence-electron chi connectivity index (χ1n) is 6.52. The monoisotopic (exact) mass is 297 g/mol. The lowest BCUT2D eigenvalue weighted by Gasteiger charge is -2.35. The Morgan fingerprint density at radius 3 is 2.33 bits per heavy atom. The van der Waals surface area contributed by atoms with Crippen molar-refractivity contribution in [1.82, 2.24) is 13.5 Å². The molecule has 1 aliphatic heterocycles. The van der Waals surface area contributed by atoms with Gasteiger partial charge in [-0.05, 0) is 19.4 Å². The van der Waals surface area contributed by atoms with Crippen molar-refractivity contribution in [2.45, 2.75) is 19.8 Å². The molecule has 108 valence electrons. The second-order valence-electron chi connectivity index (χ2n) is 4.61. The molecule has 1 rings (SSSR count). The van der Waals surface area contributed by atoms with Crippen molar-refractivity contribution < 1.29 is 8.42 Å². The highest BCUT2D eigenvalue weighted by Crippen LogP contribution is 2.11. The molecule has 18 heavy (non-hydrogen) atoms. The van der Waals surface area contributed by atoms with E-state index in [9.17, 15) is 8.42 Å². The third kappa shape index (κ3) is 4.35. The fourth-order valence-electron chi connectivity index (χ4n) is 2.09. The minimum absolute atomic E-state index is 0.487. The van der Waals surface area contributed by atoms with Crippen molar-refractivity contribution in [2.75, 3.05) is 52.2 Å². The number of hydrogen-bond donors (Lipinski definition) is 0. The quantitative estimate of drug-likeness (QED) is 0.654. The van der Waals surface area contributed by atoms with Crippen LogP contribution in [0.25, 0.3) is 0 Å². The van der Waals surface area contributed by atoms with Crippen LogP contribution in [0.2, 0.25) is 0 Å². The Labute approximate surface area is 116 Å². The van der Waals surface area contributed by atoms with Crippen LogP contribution in [-0.2, 0) is 10.2 Å². The smallest absolute Gasteiger partial charge is 0.281 e. The first-order chi connectivity index (χ1) is 8.52. The van der Waals surface area contributed by atoms with Gasteiger partial charge in [0.25, 0.3) is 10.2 Å². The van der Waals surface area contributed by atoms with Crippen LogP contribution in [0, 0.1) is 0 Å². The minimum Gasteiger partial charge on any atom is -0.301 e. The second-order valence-corrected chi connectivity index (χ2v) is 7.03. The molecule has 0 aromatic carbocycles. The van der Waals surface area contributed by atoms with Gasteiger partial charge in [-0.2, -0.15) is 17.0 Å². The molecule has 7 heteroatoms. The summed E-state index contributed by atoms with van der Waals surface area (Å²) in [6.07, 6.45) is 1.80. The van der Waals surface area contributed by atoms with E-state index in [1.807, 2.05) is 0 Å². The van der Waals surface area contributed by atoms with Gasteiger partial charge in [0.15, 0.2) is 0 Å². The lowest BCUT2D eigenvalue weighted by atomic mass is 10.3. The van der Waals surface area contributed by atoms with E-state index in [-0.39, 0.29) is 0 Å². The van der Waals surface area contributed by atoms with Gasteiger partial charge in [0.1, 0.15) is 0 Å². The van der Waals surface area contributed by atoms with Gasteiger partial charge < -0.3 is 4.90 Å². The molecule has 0 amide bonds. The molecule has 1 aliphatic rings. The largest absolute Gasteiger partial charge is 0.301 e. The summed E-state index contributed by atoms with van der Waals surface area (Å²) >= 11 is 5.59. The average Bonchev–Trinajstić information content (AvgIpc) is 2.37. The summed E-state index contributed by atoms with van der Waals surface area (Å²) in [6, 6.07) is 0. The zero-order chi connectivity index (χ0) is 13.6. The van der Waals surface area contributed by atoms with E-state index in [1.165, 1.54) is 4.31 Å². The highest BCUT2D eigenvalue weighted by atomic mass is 35.5. The summed E-state index contributed by atoms with van der Waals surface area (Å²) in [6.45, 7) is 6.52. The van der Waals surface area contributed by atoms with E-state index in [4.69, 9.17) is 11.6 Å². The number of nitrogens with zero attached hydrogens (tertiary/aromatic N) is 3. The van der Waals surface area contributed by atoms with Gasteiger partial charge in [-0.15, -0.1) is 11.6 Å². The molecule has 0 spiro atoms. The first-order valence-corrected chi connectivity index (χ1v) is 8.45. The van der Waals surface area contributed by atoms with Crippen LogP contribution in [0.1, 0.15) is 19.8 Å². The van der Waals surface area contributed by atoms with Gasteiger partial charge in [-0.3, -0.25) is 0 Å². The van der Waals surface area contributed by atoms with Crippen molar-refractivity contribution in [3.63, 3.8) is 0 Å². The van der Waals surface area contributed by atoms with Crippen LogP contribution >= 0.6 is 11.6 Å². The van der Waals surface area contributed by atoms with Crippen LogP contribution < -0.4 is 0 Å². The van der Waals surface area contributed by atoms with Gasteiger partial charge in [0.2, 0.25) is 0 Å². The average molecular weight is 298 g/mol. The maximum absolute atomic E-state index is 12.2. The van der Waals surface area contributed by atoms with Crippen molar-refractivity contribution in [2.24, 2.45) is 0 Å². The number of hydrogen-bond acceptors (Lipinski definition) is 3. The zero-order valence-electron chi connectivity index (χ0n) is 11.3. The topological polar surface area (TPSA) is 43.9 Å². The van der Waals surface area contributed by atoms with E-state index in [0.29, 0.717) is 31.9 Å². The molecule has 0 saturated carbocycles. The SMILES string of the molecule is CCCN1CCN(S(=O)(=O)N(C)CCCCl)CC1. The van der Waals surface area contributed by atoms with Gasteiger partial charge in [0, 0.05) is 45.7 Å². The maximum atomic E-state index is 12.2. The molecule has 5 nitrogen and oxygen atoms in total. The van der Waals surface area contributed by atoms with Crippen LogP contribution in [0.15, 0.2) is 0 Å². The van der Waals surface area contributed by atoms with Crippen LogP contribution in [0.3, 0.4) is 0 Å². The van der Waals surface area contributed by atoms with Gasteiger partial charge in [-0.1, -0.05) is 6.92 Å². The predicted molar refractivity (Wildman–Crippen MR) is 75.2 cm³/mol. The molecule has 0 bridgehead atoms. The summed E-state index contributed by atoms with van der Waals surface area (Å²) in [7, 11) is -1.67. The number of halogens is 1. The zero-order valence-corrected chi connectivity index (χ0v) is 12.9. The van der Waals surface area contributed by atoms with Gasteiger partial charge >= 0.3 is 0 Å². The molecule has 1 fully saturated rings. The maximum Gasteiger partial charge on any atom is 0.281 e. The van der Waals surface area contributed by atoms with Crippen molar-refractivity contribution in [3.05, 3.63) is 0 Å². The lowest BCUT2D eigenvalue weighted by molar-refractivity contribution is 0.183. The number of piperazine rings is 1. The molecule has 1 saturated heterocycles. The van der Waals surface area contributed by atoms with E-state index >= 15 is 0 Å². The summed E-state index contributed by atoms with van der Waals surface area (Å²) in [5.41, 5.74) is 0. The van der Waals surface area contributed by atoms with Crippen molar-refractivity contribution in [1.29, 1.82) is 0 Å². The van der Waals surface area contributed by atoms with Crippen LogP contribution in [0.5, 0.6) is 0 Å². The fraction of sp³-hybridized carbons (Fsp3) is 1.00. The van der Waals surface area contributed by atoms with E-state index in [2.05, 4.69) is 11.8 Å². The normalized spacial score (nSPS) is 19.6. The molecular formula is C11H24ClN3O2S. The highest BCUT2D eigenvalue weighted by Gasteiger charge is 2.29. The Balaban J connectivity index is 2.49. The van der Waals surface area contributed by atoms with E-state index in [0.717, 1.165) is 26.1 Å². The molecule has 0 aliphatic carbocycles. The molecular weight excluding hydrogens is 274 g/mol. The fourth-order valence-corrected chi connectivity index (χ4v) is 3.59. The summed E-state index contributed by atoms with van der Waals surface area (Å²) in [4.78, 5) is 2.31. The molecule has 0 radical (unpaired) electrons.